The highest BCUT2D eigenvalue weighted by molar-refractivity contribution is 14.1. The lowest BCUT2D eigenvalue weighted by Gasteiger charge is -2.05. The Morgan fingerprint density at radius 1 is 1.40 bits per heavy atom. The van der Waals surface area contributed by atoms with Gasteiger partial charge in [-0.2, -0.15) is 4.98 Å². The van der Waals surface area contributed by atoms with Gasteiger partial charge < -0.3 is 9.09 Å². The van der Waals surface area contributed by atoms with E-state index in [2.05, 4.69) is 15.1 Å². The van der Waals surface area contributed by atoms with Gasteiger partial charge in [-0.15, -0.1) is 11.6 Å². The number of fused-ring (bicyclic) bond motifs is 1. The maximum absolute atomic E-state index is 13.8. The first-order valence-electron chi connectivity index (χ1n) is 5.84. The van der Waals surface area contributed by atoms with Crippen LogP contribution in [0.2, 0.25) is 0 Å². The molecule has 0 aliphatic heterocycles. The van der Waals surface area contributed by atoms with Gasteiger partial charge in [-0.3, -0.25) is 0 Å². The van der Waals surface area contributed by atoms with Crippen LogP contribution < -0.4 is 0 Å². The predicted octanol–water partition coefficient (Wildman–Crippen LogP) is 2.99. The lowest BCUT2D eigenvalue weighted by molar-refractivity contribution is 0.408. The molecule has 3 aromatic rings. The zero-order valence-electron chi connectivity index (χ0n) is 10.2. The van der Waals surface area contributed by atoms with Gasteiger partial charge in [-0.1, -0.05) is 5.16 Å². The van der Waals surface area contributed by atoms with Gasteiger partial charge >= 0.3 is 0 Å². The van der Waals surface area contributed by atoms with E-state index in [0.29, 0.717) is 33.8 Å². The van der Waals surface area contributed by atoms with Gasteiger partial charge in [-0.25, -0.2) is 9.37 Å². The molecule has 0 saturated heterocycles. The van der Waals surface area contributed by atoms with E-state index in [-0.39, 0.29) is 5.82 Å². The normalized spacial score (nSPS) is 11.3. The van der Waals surface area contributed by atoms with Crippen molar-refractivity contribution in [1.82, 2.24) is 19.7 Å². The Hall–Kier alpha value is -1.22. The SMILES string of the molecule is Fc1cc2c(cc1I)nc(CCCl)n2Cc1ncon1. The third-order valence-electron chi connectivity index (χ3n) is 2.89. The molecular weight excluding hydrogens is 398 g/mol. The first-order chi connectivity index (χ1) is 9.69. The lowest BCUT2D eigenvalue weighted by Crippen LogP contribution is -2.07. The van der Waals surface area contributed by atoms with Crippen molar-refractivity contribution in [3.63, 3.8) is 0 Å². The second kappa shape index (κ2) is 5.65. The average Bonchev–Trinajstić information content (AvgIpc) is 3.02. The molecule has 0 spiro atoms. The van der Waals surface area contributed by atoms with Gasteiger partial charge in [-0.05, 0) is 28.7 Å². The first-order valence-corrected chi connectivity index (χ1v) is 7.45. The summed E-state index contributed by atoms with van der Waals surface area (Å²) < 4.78 is 20.9. The van der Waals surface area contributed by atoms with E-state index in [4.69, 9.17) is 16.1 Å². The highest BCUT2D eigenvalue weighted by atomic mass is 127. The fourth-order valence-corrected chi connectivity index (χ4v) is 2.65. The third-order valence-corrected chi connectivity index (χ3v) is 3.91. The van der Waals surface area contributed by atoms with Gasteiger partial charge in [0.05, 0.1) is 21.1 Å². The fraction of sp³-hybridized carbons (Fsp3) is 0.250. The number of halogens is 3. The fourth-order valence-electron chi connectivity index (χ4n) is 2.03. The summed E-state index contributed by atoms with van der Waals surface area (Å²) in [4.78, 5) is 8.49. The molecule has 0 saturated carbocycles. The number of imidazole rings is 1. The van der Waals surface area contributed by atoms with Crippen LogP contribution >= 0.6 is 34.2 Å². The van der Waals surface area contributed by atoms with Crippen LogP contribution in [0.15, 0.2) is 23.0 Å². The minimum atomic E-state index is -0.273. The monoisotopic (exact) mass is 406 g/mol. The van der Waals surface area contributed by atoms with Gasteiger partial charge in [0, 0.05) is 18.4 Å². The van der Waals surface area contributed by atoms with E-state index < -0.39 is 0 Å². The molecule has 104 valence electrons. The second-order valence-corrected chi connectivity index (χ2v) is 5.70. The van der Waals surface area contributed by atoms with Crippen molar-refractivity contribution in [3.05, 3.63) is 39.6 Å². The molecule has 5 nitrogen and oxygen atoms in total. The highest BCUT2D eigenvalue weighted by Gasteiger charge is 2.15. The maximum Gasteiger partial charge on any atom is 0.213 e. The van der Waals surface area contributed by atoms with Gasteiger partial charge in [0.2, 0.25) is 6.39 Å². The quantitative estimate of drug-likeness (QED) is 0.494. The molecule has 0 N–H and O–H groups in total. The molecule has 0 amide bonds. The Bertz CT molecular complexity index is 744. The molecule has 0 bridgehead atoms. The molecule has 0 unspecified atom stereocenters. The van der Waals surface area contributed by atoms with E-state index in [0.717, 1.165) is 11.3 Å². The Labute approximate surface area is 132 Å². The topological polar surface area (TPSA) is 56.7 Å². The molecule has 0 atom stereocenters. The first kappa shape index (κ1) is 13.7. The van der Waals surface area contributed by atoms with Crippen molar-refractivity contribution in [2.45, 2.75) is 13.0 Å². The zero-order valence-corrected chi connectivity index (χ0v) is 13.1. The summed E-state index contributed by atoms with van der Waals surface area (Å²) in [5.41, 5.74) is 1.44. The van der Waals surface area contributed by atoms with Crippen LogP contribution in [-0.2, 0) is 13.0 Å². The molecule has 20 heavy (non-hydrogen) atoms. The average molecular weight is 407 g/mol. The minimum absolute atomic E-state index is 0.273. The minimum Gasteiger partial charge on any atom is -0.343 e. The van der Waals surface area contributed by atoms with Crippen LogP contribution in [0.25, 0.3) is 11.0 Å². The standard InChI is InChI=1S/C12H9ClFIN4O/c13-2-1-12-17-9-4-8(15)7(14)3-10(9)19(12)5-11-16-6-20-18-11/h3-4,6H,1-2,5H2. The Morgan fingerprint density at radius 2 is 2.25 bits per heavy atom. The van der Waals surface area contributed by atoms with Crippen LogP contribution in [0.1, 0.15) is 11.6 Å². The molecule has 1 aromatic carbocycles. The van der Waals surface area contributed by atoms with E-state index in [9.17, 15) is 4.39 Å². The molecule has 3 rings (SSSR count). The van der Waals surface area contributed by atoms with Crippen molar-refractivity contribution in [1.29, 1.82) is 0 Å². The van der Waals surface area contributed by atoms with Gasteiger partial charge in [0.15, 0.2) is 5.82 Å². The number of rotatable bonds is 4. The number of hydrogen-bond acceptors (Lipinski definition) is 4. The van der Waals surface area contributed by atoms with Crippen LogP contribution in [0.5, 0.6) is 0 Å². The van der Waals surface area contributed by atoms with Crippen molar-refractivity contribution in [3.8, 4) is 0 Å². The van der Waals surface area contributed by atoms with E-state index in [1.807, 2.05) is 27.2 Å². The molecule has 8 heteroatoms. The van der Waals surface area contributed by atoms with Crippen molar-refractivity contribution in [2.75, 3.05) is 5.88 Å². The Morgan fingerprint density at radius 3 is 2.95 bits per heavy atom. The molecule has 2 aromatic heterocycles. The lowest BCUT2D eigenvalue weighted by atomic mass is 10.3. The molecular formula is C12H9ClFIN4O. The molecule has 2 heterocycles. The zero-order chi connectivity index (χ0) is 14.1. The van der Waals surface area contributed by atoms with E-state index in [1.165, 1.54) is 12.5 Å². The van der Waals surface area contributed by atoms with E-state index >= 15 is 0 Å². The number of aryl methyl sites for hydroxylation is 1. The molecule has 0 aliphatic carbocycles. The number of aromatic nitrogens is 4. The number of nitrogens with zero attached hydrogens (tertiary/aromatic N) is 4. The number of benzene rings is 1. The Balaban J connectivity index is 2.15. The summed E-state index contributed by atoms with van der Waals surface area (Å²) in [6.45, 7) is 0.374. The highest BCUT2D eigenvalue weighted by Crippen LogP contribution is 2.23. The second-order valence-electron chi connectivity index (χ2n) is 4.16. The van der Waals surface area contributed by atoms with Crippen molar-refractivity contribution < 1.29 is 8.91 Å². The smallest absolute Gasteiger partial charge is 0.213 e. The van der Waals surface area contributed by atoms with Crippen LogP contribution in [0, 0.1) is 9.39 Å². The largest absolute Gasteiger partial charge is 0.343 e. The molecule has 0 fully saturated rings. The number of alkyl halides is 1. The third kappa shape index (κ3) is 2.51. The van der Waals surface area contributed by atoms with Crippen molar-refractivity contribution in [2.24, 2.45) is 0 Å². The summed E-state index contributed by atoms with van der Waals surface area (Å²) in [5.74, 6) is 1.46. The van der Waals surface area contributed by atoms with Gasteiger partial charge in [0.1, 0.15) is 11.6 Å². The van der Waals surface area contributed by atoms with E-state index in [1.54, 1.807) is 6.07 Å². The molecule has 0 radical (unpaired) electrons. The summed E-state index contributed by atoms with van der Waals surface area (Å²) in [6, 6.07) is 3.19. The summed E-state index contributed by atoms with van der Waals surface area (Å²) >= 11 is 7.75. The maximum atomic E-state index is 13.8. The summed E-state index contributed by atoms with van der Waals surface area (Å²) in [6.07, 6.45) is 1.85. The van der Waals surface area contributed by atoms with Crippen LogP contribution in [-0.4, -0.2) is 25.6 Å². The van der Waals surface area contributed by atoms with Gasteiger partial charge in [0.25, 0.3) is 0 Å². The van der Waals surface area contributed by atoms with Crippen LogP contribution in [0.4, 0.5) is 4.39 Å². The predicted molar refractivity (Wildman–Crippen MR) is 80.2 cm³/mol. The molecule has 0 aliphatic rings. The van der Waals surface area contributed by atoms with Crippen molar-refractivity contribution >= 4 is 45.2 Å². The summed E-state index contributed by atoms with van der Waals surface area (Å²) in [5, 5.41) is 3.78. The Kier molecular flexibility index (Phi) is 3.88. The number of hydrogen-bond donors (Lipinski definition) is 0. The summed E-state index contributed by atoms with van der Waals surface area (Å²) in [7, 11) is 0. The van der Waals surface area contributed by atoms with Crippen LogP contribution in [0.3, 0.4) is 0 Å².